The zero-order chi connectivity index (χ0) is 31.3. The largest absolute Gasteiger partial charge is 0.493 e. The Balaban J connectivity index is 1.11. The van der Waals surface area contributed by atoms with Gasteiger partial charge in [0.25, 0.3) is 0 Å². The van der Waals surface area contributed by atoms with Crippen LogP contribution in [-0.2, 0) is 33.8 Å². The van der Waals surface area contributed by atoms with Gasteiger partial charge in [-0.25, -0.2) is 8.42 Å². The van der Waals surface area contributed by atoms with Gasteiger partial charge in [0.15, 0.2) is 0 Å². The first kappa shape index (κ1) is 30.3. The zero-order valence-corrected chi connectivity index (χ0v) is 25.7. The molecular formula is C35H37F3N2O4S. The summed E-state index contributed by atoms with van der Waals surface area (Å²) < 4.78 is 75.2. The van der Waals surface area contributed by atoms with Gasteiger partial charge in [0.05, 0.1) is 29.1 Å². The normalized spacial score (nSPS) is 26.2. The average molecular weight is 639 g/mol. The molecule has 0 saturated heterocycles. The quantitative estimate of drug-likeness (QED) is 0.303. The third-order valence-electron chi connectivity index (χ3n) is 10.5. The van der Waals surface area contributed by atoms with Crippen LogP contribution in [0.3, 0.4) is 0 Å². The maximum absolute atomic E-state index is 13.8. The van der Waals surface area contributed by atoms with Crippen LogP contribution in [0.1, 0.15) is 78.4 Å². The number of ether oxygens (including phenoxy) is 1. The van der Waals surface area contributed by atoms with Crippen LogP contribution in [0.25, 0.3) is 0 Å². The summed E-state index contributed by atoms with van der Waals surface area (Å²) >= 11 is 0. The van der Waals surface area contributed by atoms with E-state index in [1.54, 1.807) is 12.1 Å². The molecule has 2 aliphatic carbocycles. The summed E-state index contributed by atoms with van der Waals surface area (Å²) in [4.78, 5) is 13.2. The molecule has 0 aromatic heterocycles. The monoisotopic (exact) mass is 638 g/mol. The summed E-state index contributed by atoms with van der Waals surface area (Å²) in [7, 11) is -4.35. The van der Waals surface area contributed by atoms with Gasteiger partial charge in [0, 0.05) is 24.9 Å². The first-order chi connectivity index (χ1) is 21.6. The van der Waals surface area contributed by atoms with Gasteiger partial charge >= 0.3 is 6.18 Å². The first-order valence-corrected chi connectivity index (χ1v) is 17.3. The lowest BCUT2D eigenvalue weighted by Crippen LogP contribution is -2.43. The van der Waals surface area contributed by atoms with E-state index in [1.807, 2.05) is 18.2 Å². The molecule has 2 saturated carbocycles. The number of amides is 1. The molecule has 3 aromatic rings. The van der Waals surface area contributed by atoms with Crippen LogP contribution >= 0.6 is 0 Å². The number of nitrogens with zero attached hydrogens (tertiary/aromatic N) is 1. The third-order valence-corrected chi connectivity index (χ3v) is 12.4. The number of nitrogens with one attached hydrogen (secondary N) is 1. The minimum absolute atomic E-state index is 0.0547. The molecule has 10 heteroatoms. The number of sulfonamides is 1. The minimum Gasteiger partial charge on any atom is -0.493 e. The molecule has 45 heavy (non-hydrogen) atoms. The van der Waals surface area contributed by atoms with Crippen molar-refractivity contribution in [2.24, 2.45) is 17.8 Å². The van der Waals surface area contributed by atoms with Crippen molar-refractivity contribution in [3.05, 3.63) is 94.5 Å². The molecule has 2 bridgehead atoms. The summed E-state index contributed by atoms with van der Waals surface area (Å²) in [5.74, 6) is 2.87. The summed E-state index contributed by atoms with van der Waals surface area (Å²) in [5.41, 5.74) is 2.74. The van der Waals surface area contributed by atoms with Crippen LogP contribution in [0.5, 0.6) is 5.75 Å². The Morgan fingerprint density at radius 2 is 1.67 bits per heavy atom. The molecular weight excluding hydrogens is 601 g/mol. The van der Waals surface area contributed by atoms with Gasteiger partial charge in [0.2, 0.25) is 15.9 Å². The number of benzene rings is 3. The second kappa shape index (κ2) is 11.8. The van der Waals surface area contributed by atoms with Crippen molar-refractivity contribution in [3.8, 4) is 5.75 Å². The molecule has 1 amide bonds. The van der Waals surface area contributed by atoms with E-state index >= 15 is 0 Å². The summed E-state index contributed by atoms with van der Waals surface area (Å²) in [5, 5.41) is 3.12. The van der Waals surface area contributed by atoms with Crippen molar-refractivity contribution in [1.29, 1.82) is 0 Å². The first-order valence-electron chi connectivity index (χ1n) is 15.9. The van der Waals surface area contributed by atoms with Crippen molar-refractivity contribution in [2.75, 3.05) is 13.2 Å². The smallest absolute Gasteiger partial charge is 0.416 e. The van der Waals surface area contributed by atoms with Crippen LogP contribution < -0.4 is 10.1 Å². The van der Waals surface area contributed by atoms with Crippen molar-refractivity contribution >= 4 is 15.9 Å². The lowest BCUT2D eigenvalue weighted by Gasteiger charge is -2.36. The molecule has 4 aliphatic rings. The molecule has 3 aromatic carbocycles. The second-order valence-electron chi connectivity index (χ2n) is 13.0. The van der Waals surface area contributed by atoms with Crippen molar-refractivity contribution in [3.63, 3.8) is 0 Å². The van der Waals surface area contributed by atoms with Crippen molar-refractivity contribution in [2.45, 2.75) is 74.5 Å². The number of alkyl halides is 3. The number of rotatable bonds is 7. The Hall–Kier alpha value is -3.37. The maximum atomic E-state index is 13.8. The van der Waals surface area contributed by atoms with Gasteiger partial charge in [-0.3, -0.25) is 4.79 Å². The molecule has 2 atom stereocenters. The predicted molar refractivity (Wildman–Crippen MR) is 163 cm³/mol. The van der Waals surface area contributed by atoms with Gasteiger partial charge in [-0.1, -0.05) is 42.5 Å². The Morgan fingerprint density at radius 3 is 2.42 bits per heavy atom. The highest BCUT2D eigenvalue weighted by Crippen LogP contribution is 2.51. The van der Waals surface area contributed by atoms with Crippen LogP contribution in [0, 0.1) is 17.8 Å². The van der Waals surface area contributed by atoms with E-state index < -0.39 is 32.7 Å². The van der Waals surface area contributed by atoms with Gasteiger partial charge in [-0.15, -0.1) is 0 Å². The van der Waals surface area contributed by atoms with Gasteiger partial charge in [-0.05, 0) is 97.2 Å². The number of hydrogen-bond acceptors (Lipinski definition) is 4. The van der Waals surface area contributed by atoms with E-state index in [2.05, 4.69) is 17.4 Å². The molecule has 1 N–H and O–H groups in total. The molecule has 7 rings (SSSR count). The average Bonchev–Trinajstić information content (AvgIpc) is 3.59. The molecule has 2 aliphatic heterocycles. The van der Waals surface area contributed by atoms with Crippen LogP contribution in [0.15, 0.2) is 71.6 Å². The Labute approximate surface area is 262 Å². The fourth-order valence-electron chi connectivity index (χ4n) is 8.23. The lowest BCUT2D eigenvalue weighted by atomic mass is 9.89. The van der Waals surface area contributed by atoms with E-state index in [4.69, 9.17) is 4.74 Å². The van der Waals surface area contributed by atoms with Crippen LogP contribution in [-0.4, -0.2) is 31.8 Å². The van der Waals surface area contributed by atoms with E-state index in [-0.39, 0.29) is 24.9 Å². The maximum Gasteiger partial charge on any atom is 0.416 e. The van der Waals surface area contributed by atoms with E-state index in [9.17, 15) is 26.4 Å². The van der Waals surface area contributed by atoms with E-state index in [0.29, 0.717) is 31.1 Å². The number of halogens is 3. The van der Waals surface area contributed by atoms with Crippen LogP contribution in [0.2, 0.25) is 0 Å². The topological polar surface area (TPSA) is 75.7 Å². The second-order valence-corrected chi connectivity index (χ2v) is 14.9. The molecule has 0 unspecified atom stereocenters. The van der Waals surface area contributed by atoms with Gasteiger partial charge in [-0.2, -0.15) is 17.5 Å². The molecule has 6 nitrogen and oxygen atoms in total. The highest BCUT2D eigenvalue weighted by Gasteiger charge is 2.42. The standard InChI is InChI=1S/C35H37F3N2O4S/c36-35(37,38)26-5-3-6-27(20-26)45(42,43)40-16-14-23-4-1-2-7-28(23)32(40)21-34(41)39-31-15-17-44-33-19-22(8-13-29(31)33)18-30-24-9-10-25(30)12-11-24/h1-8,13,19-20,24-25,30-32H,9-12,14-18,21H2,(H,39,41)/t24?,25?,30?,31-,32+/m1/s1. The van der Waals surface area contributed by atoms with Gasteiger partial charge in [0.1, 0.15) is 5.75 Å². The summed E-state index contributed by atoms with van der Waals surface area (Å²) in [6.07, 6.45) is 2.55. The summed E-state index contributed by atoms with van der Waals surface area (Å²) in [6.45, 7) is 0.511. The molecule has 0 radical (unpaired) electrons. The van der Waals surface area contributed by atoms with E-state index in [1.165, 1.54) is 41.6 Å². The lowest BCUT2D eigenvalue weighted by molar-refractivity contribution is -0.137. The zero-order valence-electron chi connectivity index (χ0n) is 24.9. The fourth-order valence-corrected chi connectivity index (χ4v) is 9.88. The van der Waals surface area contributed by atoms with E-state index in [0.717, 1.165) is 53.2 Å². The third kappa shape index (κ3) is 5.87. The summed E-state index contributed by atoms with van der Waals surface area (Å²) in [6, 6.07) is 16.3. The Kier molecular flexibility index (Phi) is 7.92. The highest BCUT2D eigenvalue weighted by molar-refractivity contribution is 7.89. The van der Waals surface area contributed by atoms with Gasteiger partial charge < -0.3 is 10.1 Å². The Morgan fingerprint density at radius 1 is 0.911 bits per heavy atom. The molecule has 2 heterocycles. The van der Waals surface area contributed by atoms with Crippen molar-refractivity contribution in [1.82, 2.24) is 9.62 Å². The predicted octanol–water partition coefficient (Wildman–Crippen LogP) is 7.00. The molecule has 238 valence electrons. The fraction of sp³-hybridized carbons (Fsp3) is 0.457. The molecule has 2 fully saturated rings. The minimum atomic E-state index is -4.68. The number of hydrogen-bond donors (Lipinski definition) is 1. The highest BCUT2D eigenvalue weighted by atomic mass is 32.2. The van der Waals surface area contributed by atoms with Crippen LogP contribution in [0.4, 0.5) is 13.2 Å². The molecule has 0 spiro atoms. The SMILES string of the molecule is O=C(C[C@H]1c2ccccc2CCN1S(=O)(=O)c1cccc(C(F)(F)F)c1)N[C@@H]1CCOc2cc(CC3C4CCC3CC4)ccc21. The Bertz CT molecular complexity index is 1690. The number of fused-ring (bicyclic) bond motifs is 4. The van der Waals surface area contributed by atoms with Crippen molar-refractivity contribution < 1.29 is 31.1 Å². The number of carbonyl (C=O) groups excluding carboxylic acids is 1. The number of carbonyl (C=O) groups is 1.